The average Bonchev–Trinajstić information content (AvgIpc) is 2.71. The van der Waals surface area contributed by atoms with Gasteiger partial charge in [-0.1, -0.05) is 6.07 Å². The molecule has 0 bridgehead atoms. The summed E-state index contributed by atoms with van der Waals surface area (Å²) in [5, 5.41) is 3.48. The third-order valence-corrected chi connectivity index (χ3v) is 5.02. The standard InChI is InChI=1S/C20H19F6N5S/c21-15-8-14(20(24,25)26)2-1-12(15)11-30-3-5-31(6-4-30)18-9-16(22)13(7-17(18)23)10-28-29-19(27)32/h1-2,7-10H,3-6,11H2,(H3,27,29,32)/b28-10+. The maximum atomic E-state index is 14.5. The molecule has 5 nitrogen and oxygen atoms in total. The van der Waals surface area contributed by atoms with E-state index in [1.54, 1.807) is 4.90 Å². The van der Waals surface area contributed by atoms with Crippen molar-refractivity contribution in [2.24, 2.45) is 10.8 Å². The molecule has 12 heteroatoms. The Morgan fingerprint density at radius 1 is 1.03 bits per heavy atom. The molecule has 0 saturated carbocycles. The molecule has 0 radical (unpaired) electrons. The summed E-state index contributed by atoms with van der Waals surface area (Å²) in [6.07, 6.45) is -3.56. The van der Waals surface area contributed by atoms with Gasteiger partial charge in [0.25, 0.3) is 0 Å². The van der Waals surface area contributed by atoms with Crippen LogP contribution in [0.3, 0.4) is 0 Å². The Balaban J connectivity index is 1.63. The number of hydrazone groups is 1. The van der Waals surface area contributed by atoms with Gasteiger partial charge in [-0.2, -0.15) is 18.3 Å². The summed E-state index contributed by atoms with van der Waals surface area (Å²) < 4.78 is 81.0. The van der Waals surface area contributed by atoms with Crippen molar-refractivity contribution in [1.29, 1.82) is 0 Å². The van der Waals surface area contributed by atoms with Crippen LogP contribution < -0.4 is 16.1 Å². The molecule has 2 aromatic rings. The van der Waals surface area contributed by atoms with E-state index in [2.05, 4.69) is 22.7 Å². The highest BCUT2D eigenvalue weighted by Gasteiger charge is 2.31. The molecular formula is C20H19F6N5S. The molecule has 32 heavy (non-hydrogen) atoms. The van der Waals surface area contributed by atoms with Crippen molar-refractivity contribution in [3.8, 4) is 0 Å². The van der Waals surface area contributed by atoms with Crippen LogP contribution in [0, 0.1) is 17.5 Å². The minimum absolute atomic E-state index is 0.0716. The number of piperazine rings is 1. The molecule has 0 unspecified atom stereocenters. The van der Waals surface area contributed by atoms with Gasteiger partial charge in [-0.25, -0.2) is 13.2 Å². The zero-order valence-electron chi connectivity index (χ0n) is 16.6. The van der Waals surface area contributed by atoms with Crippen molar-refractivity contribution < 1.29 is 26.3 Å². The highest BCUT2D eigenvalue weighted by atomic mass is 32.1. The van der Waals surface area contributed by atoms with E-state index in [4.69, 9.17) is 5.73 Å². The lowest BCUT2D eigenvalue weighted by Crippen LogP contribution is -2.46. The van der Waals surface area contributed by atoms with Gasteiger partial charge in [0, 0.05) is 49.9 Å². The number of hydrogen-bond donors (Lipinski definition) is 2. The Hall–Kier alpha value is -2.86. The molecule has 1 aliphatic heterocycles. The number of nitrogens with zero attached hydrogens (tertiary/aromatic N) is 3. The molecule has 172 valence electrons. The smallest absolute Gasteiger partial charge is 0.375 e. The zero-order valence-corrected chi connectivity index (χ0v) is 17.4. The van der Waals surface area contributed by atoms with Crippen LogP contribution in [-0.2, 0) is 12.7 Å². The predicted octanol–water partition coefficient (Wildman–Crippen LogP) is 3.61. The van der Waals surface area contributed by atoms with Gasteiger partial charge in [0.05, 0.1) is 17.5 Å². The minimum atomic E-state index is -4.61. The number of benzene rings is 2. The van der Waals surface area contributed by atoms with Gasteiger partial charge in [-0.05, 0) is 30.4 Å². The van der Waals surface area contributed by atoms with Gasteiger partial charge < -0.3 is 10.6 Å². The zero-order chi connectivity index (χ0) is 23.5. The molecule has 3 N–H and O–H groups in total. The largest absolute Gasteiger partial charge is 0.416 e. The molecule has 1 aliphatic rings. The van der Waals surface area contributed by atoms with E-state index < -0.39 is 29.2 Å². The first kappa shape index (κ1) is 23.8. The highest BCUT2D eigenvalue weighted by molar-refractivity contribution is 7.80. The summed E-state index contributed by atoms with van der Waals surface area (Å²) >= 11 is 4.56. The van der Waals surface area contributed by atoms with Crippen LogP contribution in [0.4, 0.5) is 32.0 Å². The summed E-state index contributed by atoms with van der Waals surface area (Å²) in [6, 6.07) is 4.49. The van der Waals surface area contributed by atoms with E-state index in [-0.39, 0.29) is 28.5 Å². The second kappa shape index (κ2) is 9.74. The minimum Gasteiger partial charge on any atom is -0.375 e. The van der Waals surface area contributed by atoms with Crippen LogP contribution >= 0.6 is 12.2 Å². The lowest BCUT2D eigenvalue weighted by atomic mass is 10.1. The summed E-state index contributed by atoms with van der Waals surface area (Å²) in [5.41, 5.74) is 6.52. The number of thiocarbonyl (C=S) groups is 1. The number of rotatable bonds is 5. The topological polar surface area (TPSA) is 56.9 Å². The molecule has 1 heterocycles. The number of hydrogen-bond acceptors (Lipinski definition) is 4. The van der Waals surface area contributed by atoms with Gasteiger partial charge in [0.2, 0.25) is 0 Å². The second-order valence-electron chi connectivity index (χ2n) is 7.13. The van der Waals surface area contributed by atoms with E-state index in [0.29, 0.717) is 32.2 Å². The molecule has 1 fully saturated rings. The van der Waals surface area contributed by atoms with Crippen LogP contribution in [-0.4, -0.2) is 42.4 Å². The van der Waals surface area contributed by atoms with Crippen LogP contribution in [0.2, 0.25) is 0 Å². The van der Waals surface area contributed by atoms with Crippen LogP contribution in [0.15, 0.2) is 35.4 Å². The summed E-state index contributed by atoms with van der Waals surface area (Å²) in [7, 11) is 0. The van der Waals surface area contributed by atoms with Crippen molar-refractivity contribution in [1.82, 2.24) is 10.3 Å². The third-order valence-electron chi connectivity index (χ3n) is 4.93. The summed E-state index contributed by atoms with van der Waals surface area (Å²) in [4.78, 5) is 3.48. The van der Waals surface area contributed by atoms with Crippen LogP contribution in [0.1, 0.15) is 16.7 Å². The predicted molar refractivity (Wildman–Crippen MR) is 113 cm³/mol. The van der Waals surface area contributed by atoms with Gasteiger partial charge in [-0.3, -0.25) is 10.3 Å². The number of nitrogens with one attached hydrogen (secondary N) is 1. The van der Waals surface area contributed by atoms with Crippen molar-refractivity contribution in [3.63, 3.8) is 0 Å². The molecule has 0 atom stereocenters. The molecule has 0 aromatic heterocycles. The molecule has 2 aromatic carbocycles. The second-order valence-corrected chi connectivity index (χ2v) is 7.57. The van der Waals surface area contributed by atoms with Crippen molar-refractivity contribution in [3.05, 3.63) is 64.5 Å². The molecule has 1 saturated heterocycles. The molecule has 3 rings (SSSR count). The highest BCUT2D eigenvalue weighted by Crippen LogP contribution is 2.30. The third kappa shape index (κ3) is 5.88. The first-order chi connectivity index (χ1) is 15.0. The Kier molecular flexibility index (Phi) is 7.24. The Morgan fingerprint density at radius 3 is 2.31 bits per heavy atom. The molecule has 0 spiro atoms. The van der Waals surface area contributed by atoms with Crippen molar-refractivity contribution in [2.45, 2.75) is 12.7 Å². The number of halogens is 6. The number of anilines is 1. The number of nitrogens with two attached hydrogens (primary N) is 1. The monoisotopic (exact) mass is 475 g/mol. The van der Waals surface area contributed by atoms with Crippen LogP contribution in [0.25, 0.3) is 0 Å². The maximum absolute atomic E-state index is 14.5. The Labute approximate surface area is 185 Å². The van der Waals surface area contributed by atoms with E-state index in [0.717, 1.165) is 30.5 Å². The Bertz CT molecular complexity index is 1020. The fraction of sp³-hybridized carbons (Fsp3) is 0.300. The lowest BCUT2D eigenvalue weighted by molar-refractivity contribution is -0.137. The normalized spacial score (nSPS) is 15.4. The van der Waals surface area contributed by atoms with Crippen molar-refractivity contribution >= 4 is 29.2 Å². The van der Waals surface area contributed by atoms with Crippen LogP contribution in [0.5, 0.6) is 0 Å². The molecular weight excluding hydrogens is 456 g/mol. The van der Waals surface area contributed by atoms with Gasteiger partial charge in [0.15, 0.2) is 5.11 Å². The quantitative estimate of drug-likeness (QED) is 0.300. The van der Waals surface area contributed by atoms with E-state index in [1.165, 1.54) is 0 Å². The fourth-order valence-corrected chi connectivity index (χ4v) is 3.35. The lowest BCUT2D eigenvalue weighted by Gasteiger charge is -2.36. The summed E-state index contributed by atoms with van der Waals surface area (Å²) in [6.45, 7) is 1.55. The molecule has 0 amide bonds. The van der Waals surface area contributed by atoms with Gasteiger partial charge in [0.1, 0.15) is 17.5 Å². The average molecular weight is 475 g/mol. The Morgan fingerprint density at radius 2 is 1.72 bits per heavy atom. The summed E-state index contributed by atoms with van der Waals surface area (Å²) in [5.74, 6) is -2.27. The van der Waals surface area contributed by atoms with E-state index in [9.17, 15) is 26.3 Å². The SMILES string of the molecule is NC(=S)N/N=C/c1cc(F)c(N2CCN(Cc3ccc(C(F)(F)F)cc3F)CC2)cc1F. The van der Waals surface area contributed by atoms with E-state index >= 15 is 0 Å². The van der Waals surface area contributed by atoms with E-state index in [1.807, 2.05) is 4.90 Å². The first-order valence-corrected chi connectivity index (χ1v) is 9.86. The van der Waals surface area contributed by atoms with Gasteiger partial charge in [-0.15, -0.1) is 0 Å². The molecule has 0 aliphatic carbocycles. The first-order valence-electron chi connectivity index (χ1n) is 9.45. The van der Waals surface area contributed by atoms with Gasteiger partial charge >= 0.3 is 6.18 Å². The number of alkyl halides is 3. The fourth-order valence-electron chi connectivity index (χ4n) is 3.30. The maximum Gasteiger partial charge on any atom is 0.416 e. The van der Waals surface area contributed by atoms with Crippen molar-refractivity contribution in [2.75, 3.05) is 31.1 Å².